The Labute approximate surface area is 163 Å². The Balaban J connectivity index is 1.51. The highest BCUT2D eigenvalue weighted by atomic mass is 16.2. The van der Waals surface area contributed by atoms with Gasteiger partial charge in [0.15, 0.2) is 0 Å². The predicted molar refractivity (Wildman–Crippen MR) is 109 cm³/mol. The van der Waals surface area contributed by atoms with Gasteiger partial charge >= 0.3 is 0 Å². The van der Waals surface area contributed by atoms with Crippen molar-refractivity contribution in [1.82, 2.24) is 9.80 Å². The van der Waals surface area contributed by atoms with Gasteiger partial charge in [-0.2, -0.15) is 0 Å². The van der Waals surface area contributed by atoms with E-state index in [9.17, 15) is 9.59 Å². The largest absolute Gasteiger partial charge is 0.342 e. The molecule has 1 aromatic rings. The molecule has 2 fully saturated rings. The fourth-order valence-electron chi connectivity index (χ4n) is 4.18. The van der Waals surface area contributed by atoms with Gasteiger partial charge in [0, 0.05) is 24.7 Å². The van der Waals surface area contributed by atoms with E-state index < -0.39 is 0 Å². The van der Waals surface area contributed by atoms with Crippen molar-refractivity contribution >= 4 is 17.5 Å². The Hall–Kier alpha value is -1.88. The third kappa shape index (κ3) is 4.89. The van der Waals surface area contributed by atoms with Crippen LogP contribution in [0.4, 0.5) is 5.69 Å². The lowest BCUT2D eigenvalue weighted by atomic mass is 9.93. The molecule has 0 saturated carbocycles. The molecule has 2 saturated heterocycles. The number of aryl methyl sites for hydroxylation is 2. The minimum absolute atomic E-state index is 0.0320. The van der Waals surface area contributed by atoms with E-state index in [0.717, 1.165) is 68.7 Å². The highest BCUT2D eigenvalue weighted by Crippen LogP contribution is 2.24. The van der Waals surface area contributed by atoms with Gasteiger partial charge in [0.1, 0.15) is 0 Å². The van der Waals surface area contributed by atoms with Crippen LogP contribution in [0.2, 0.25) is 0 Å². The summed E-state index contributed by atoms with van der Waals surface area (Å²) in [4.78, 5) is 29.7. The molecule has 2 amide bonds. The maximum atomic E-state index is 12.7. The van der Waals surface area contributed by atoms with Crippen molar-refractivity contribution in [2.45, 2.75) is 58.9 Å². The number of benzene rings is 1. The van der Waals surface area contributed by atoms with E-state index in [1.807, 2.05) is 32.9 Å². The molecule has 1 aromatic carbocycles. The first-order valence-corrected chi connectivity index (χ1v) is 10.4. The fourth-order valence-corrected chi connectivity index (χ4v) is 4.18. The molecule has 5 nitrogen and oxygen atoms in total. The van der Waals surface area contributed by atoms with Crippen LogP contribution in [-0.2, 0) is 9.59 Å². The molecular formula is C22H33N3O2. The lowest BCUT2D eigenvalue weighted by Gasteiger charge is -2.37. The second-order valence-electron chi connectivity index (χ2n) is 8.18. The third-order valence-corrected chi connectivity index (χ3v) is 6.12. The van der Waals surface area contributed by atoms with E-state index >= 15 is 0 Å². The van der Waals surface area contributed by atoms with Crippen molar-refractivity contribution in [3.05, 3.63) is 29.3 Å². The van der Waals surface area contributed by atoms with E-state index in [0.29, 0.717) is 5.91 Å². The van der Waals surface area contributed by atoms with Gasteiger partial charge in [-0.15, -0.1) is 0 Å². The van der Waals surface area contributed by atoms with E-state index in [-0.39, 0.29) is 17.9 Å². The number of nitrogens with zero attached hydrogens (tertiary/aromatic N) is 2. The van der Waals surface area contributed by atoms with Crippen LogP contribution >= 0.6 is 0 Å². The first-order valence-electron chi connectivity index (χ1n) is 10.4. The van der Waals surface area contributed by atoms with Gasteiger partial charge in [-0.05, 0) is 83.2 Å². The van der Waals surface area contributed by atoms with Gasteiger partial charge in [0.25, 0.3) is 0 Å². The Morgan fingerprint density at radius 2 is 1.70 bits per heavy atom. The molecule has 5 heteroatoms. The van der Waals surface area contributed by atoms with E-state index in [4.69, 9.17) is 0 Å². The number of nitrogens with one attached hydrogen (secondary N) is 1. The zero-order chi connectivity index (χ0) is 19.4. The van der Waals surface area contributed by atoms with Crippen LogP contribution in [-0.4, -0.2) is 53.8 Å². The Morgan fingerprint density at radius 3 is 2.37 bits per heavy atom. The summed E-state index contributed by atoms with van der Waals surface area (Å²) in [5, 5.41) is 3.08. The van der Waals surface area contributed by atoms with Gasteiger partial charge < -0.3 is 10.2 Å². The number of carbonyl (C=O) groups is 2. The number of hydrogen-bond donors (Lipinski definition) is 1. The molecule has 0 radical (unpaired) electrons. The smallest absolute Gasteiger partial charge is 0.241 e. The van der Waals surface area contributed by atoms with E-state index in [1.54, 1.807) is 0 Å². The van der Waals surface area contributed by atoms with Crippen LogP contribution in [0.25, 0.3) is 0 Å². The van der Waals surface area contributed by atoms with E-state index in [1.165, 1.54) is 6.42 Å². The molecule has 27 heavy (non-hydrogen) atoms. The lowest BCUT2D eigenvalue weighted by molar-refractivity contribution is -0.138. The van der Waals surface area contributed by atoms with Crippen LogP contribution in [0, 0.1) is 19.8 Å². The van der Waals surface area contributed by atoms with Crippen molar-refractivity contribution in [2.75, 3.05) is 31.5 Å². The summed E-state index contributed by atoms with van der Waals surface area (Å²) >= 11 is 0. The summed E-state index contributed by atoms with van der Waals surface area (Å²) in [5.41, 5.74) is 3.11. The molecule has 0 aromatic heterocycles. The van der Waals surface area contributed by atoms with E-state index in [2.05, 4.69) is 21.2 Å². The highest BCUT2D eigenvalue weighted by molar-refractivity contribution is 5.95. The summed E-state index contributed by atoms with van der Waals surface area (Å²) in [6, 6.07) is 5.92. The topological polar surface area (TPSA) is 52.7 Å². The standard InChI is InChI=1S/C22H33N3O2/c1-16-7-8-17(2)20(15-16)23-21(26)18(3)24-13-9-19(10-14-24)22(27)25-11-5-4-6-12-25/h7-8,15,18-19H,4-6,9-14H2,1-3H3,(H,23,26). The number of carbonyl (C=O) groups excluding carboxylic acids is 2. The molecule has 1 N–H and O–H groups in total. The molecule has 2 aliphatic rings. The SMILES string of the molecule is Cc1ccc(C)c(NC(=O)C(C)N2CCC(C(=O)N3CCCCC3)CC2)c1. The first-order chi connectivity index (χ1) is 13.0. The van der Waals surface area contributed by atoms with Crippen LogP contribution in [0.3, 0.4) is 0 Å². The van der Waals surface area contributed by atoms with Crippen LogP contribution < -0.4 is 5.32 Å². The van der Waals surface area contributed by atoms with Crippen molar-refractivity contribution in [2.24, 2.45) is 5.92 Å². The zero-order valence-corrected chi connectivity index (χ0v) is 17.0. The average molecular weight is 372 g/mol. The summed E-state index contributed by atoms with van der Waals surface area (Å²) in [5.74, 6) is 0.500. The summed E-state index contributed by atoms with van der Waals surface area (Å²) < 4.78 is 0. The van der Waals surface area contributed by atoms with Crippen molar-refractivity contribution < 1.29 is 9.59 Å². The number of likely N-dealkylation sites (tertiary alicyclic amines) is 2. The molecule has 0 aliphatic carbocycles. The summed E-state index contributed by atoms with van der Waals surface area (Å²) in [6.07, 6.45) is 5.24. The number of hydrogen-bond acceptors (Lipinski definition) is 3. The molecule has 3 rings (SSSR count). The summed E-state index contributed by atoms with van der Waals surface area (Å²) in [7, 11) is 0. The quantitative estimate of drug-likeness (QED) is 0.883. The molecule has 0 spiro atoms. The Morgan fingerprint density at radius 1 is 1.04 bits per heavy atom. The molecule has 2 aliphatic heterocycles. The molecular weight excluding hydrogens is 338 g/mol. The molecule has 148 valence electrons. The van der Waals surface area contributed by atoms with Gasteiger partial charge in [-0.1, -0.05) is 12.1 Å². The van der Waals surface area contributed by atoms with Crippen molar-refractivity contribution in [3.8, 4) is 0 Å². The number of amides is 2. The molecule has 1 atom stereocenters. The highest BCUT2D eigenvalue weighted by Gasteiger charge is 2.32. The Kier molecular flexibility index (Phi) is 6.53. The van der Waals surface area contributed by atoms with Gasteiger partial charge in [-0.3, -0.25) is 14.5 Å². The average Bonchev–Trinajstić information content (AvgIpc) is 2.70. The Bertz CT molecular complexity index is 674. The van der Waals surface area contributed by atoms with Gasteiger partial charge in [0.2, 0.25) is 11.8 Å². The fraction of sp³-hybridized carbons (Fsp3) is 0.636. The van der Waals surface area contributed by atoms with Gasteiger partial charge in [-0.25, -0.2) is 0 Å². The molecule has 1 unspecified atom stereocenters. The molecule has 2 heterocycles. The zero-order valence-electron chi connectivity index (χ0n) is 17.0. The minimum Gasteiger partial charge on any atom is -0.342 e. The number of piperidine rings is 2. The second-order valence-corrected chi connectivity index (χ2v) is 8.18. The maximum Gasteiger partial charge on any atom is 0.241 e. The monoisotopic (exact) mass is 371 g/mol. The normalized spacial score (nSPS) is 20.3. The lowest BCUT2D eigenvalue weighted by Crippen LogP contribution is -2.49. The number of anilines is 1. The maximum absolute atomic E-state index is 12.7. The second kappa shape index (κ2) is 8.87. The van der Waals surface area contributed by atoms with Crippen molar-refractivity contribution in [1.29, 1.82) is 0 Å². The van der Waals surface area contributed by atoms with Crippen molar-refractivity contribution in [3.63, 3.8) is 0 Å². The molecule has 0 bridgehead atoms. The van der Waals surface area contributed by atoms with Crippen LogP contribution in [0.15, 0.2) is 18.2 Å². The predicted octanol–water partition coefficient (Wildman–Crippen LogP) is 3.35. The number of rotatable bonds is 4. The third-order valence-electron chi connectivity index (χ3n) is 6.12. The summed E-state index contributed by atoms with van der Waals surface area (Å²) in [6.45, 7) is 9.48. The van der Waals surface area contributed by atoms with Crippen LogP contribution in [0.5, 0.6) is 0 Å². The first kappa shape index (κ1) is 19.9. The van der Waals surface area contributed by atoms with Crippen LogP contribution in [0.1, 0.15) is 50.2 Å². The van der Waals surface area contributed by atoms with Gasteiger partial charge in [0.05, 0.1) is 6.04 Å². The minimum atomic E-state index is -0.184.